The van der Waals surface area contributed by atoms with Gasteiger partial charge >= 0.3 is 0 Å². The van der Waals surface area contributed by atoms with Crippen LogP contribution in [-0.2, 0) is 16.1 Å². The summed E-state index contributed by atoms with van der Waals surface area (Å²) in [7, 11) is 1.67. The first kappa shape index (κ1) is 22.0. The summed E-state index contributed by atoms with van der Waals surface area (Å²) < 4.78 is 6.82. The molecule has 1 aromatic carbocycles. The van der Waals surface area contributed by atoms with E-state index in [2.05, 4.69) is 10.3 Å². The number of rotatable bonds is 5. The molecule has 1 N–H and O–H groups in total. The van der Waals surface area contributed by atoms with Crippen molar-refractivity contribution in [3.8, 4) is 0 Å². The lowest BCUT2D eigenvalue weighted by molar-refractivity contribution is -0.121. The van der Waals surface area contributed by atoms with E-state index >= 15 is 0 Å². The van der Waals surface area contributed by atoms with Gasteiger partial charge in [-0.25, -0.2) is 4.98 Å². The lowest BCUT2D eigenvalue weighted by Gasteiger charge is -2.31. The van der Waals surface area contributed by atoms with Gasteiger partial charge in [0.15, 0.2) is 5.78 Å². The second-order valence-corrected chi connectivity index (χ2v) is 5.91. The molecular formula is C17H23Br2N3O3. The second-order valence-electron chi connectivity index (χ2n) is 5.91. The molecule has 1 fully saturated rings. The number of ether oxygens (including phenoxy) is 1. The van der Waals surface area contributed by atoms with E-state index in [-0.39, 0.29) is 64.0 Å². The lowest BCUT2D eigenvalue weighted by atomic mass is 9.96. The number of fused-ring (bicyclic) bond motifs is 1. The number of aromatic nitrogens is 2. The average molecular weight is 477 g/mol. The zero-order valence-electron chi connectivity index (χ0n) is 14.0. The van der Waals surface area contributed by atoms with Gasteiger partial charge in [0.05, 0.1) is 29.9 Å². The van der Waals surface area contributed by atoms with Gasteiger partial charge in [0.1, 0.15) is 0 Å². The van der Waals surface area contributed by atoms with Crippen LogP contribution in [0.2, 0.25) is 0 Å². The molecule has 0 spiro atoms. The van der Waals surface area contributed by atoms with Crippen molar-refractivity contribution in [1.82, 2.24) is 14.9 Å². The minimum atomic E-state index is -0.177. The Morgan fingerprint density at radius 2 is 2.12 bits per heavy atom. The van der Waals surface area contributed by atoms with E-state index in [9.17, 15) is 9.59 Å². The molecule has 138 valence electrons. The fourth-order valence-electron chi connectivity index (χ4n) is 3.13. The first-order valence-electron chi connectivity index (χ1n) is 7.91. The monoisotopic (exact) mass is 475 g/mol. The molecule has 0 saturated carbocycles. The highest BCUT2D eigenvalue weighted by molar-refractivity contribution is 8.93. The van der Waals surface area contributed by atoms with Gasteiger partial charge in [-0.3, -0.25) is 14.2 Å². The Morgan fingerprint density at radius 3 is 2.88 bits per heavy atom. The SMILES string of the molecule is Br.Br.COC1CCCNC1CC(=O)Cn1cnc2ccccc2c1=O. The Labute approximate surface area is 167 Å². The normalized spacial score (nSPS) is 19.7. The predicted octanol–water partition coefficient (Wildman–Crippen LogP) is 2.28. The van der Waals surface area contributed by atoms with E-state index in [0.717, 1.165) is 19.4 Å². The smallest absolute Gasteiger partial charge is 0.261 e. The summed E-state index contributed by atoms with van der Waals surface area (Å²) in [4.78, 5) is 29.0. The van der Waals surface area contributed by atoms with Gasteiger partial charge in [-0.15, -0.1) is 34.0 Å². The molecule has 2 heterocycles. The molecule has 1 aromatic heterocycles. The standard InChI is InChI=1S/C17H21N3O3.2BrH/c1-23-16-7-4-8-18-15(16)9-12(21)10-20-11-19-14-6-3-2-5-13(14)17(20)22;;/h2-3,5-6,11,15-16,18H,4,7-10H2,1H3;2*1H. The van der Waals surface area contributed by atoms with Crippen molar-refractivity contribution in [1.29, 1.82) is 0 Å². The quantitative estimate of drug-likeness (QED) is 0.716. The molecule has 1 aliphatic rings. The molecule has 1 aliphatic heterocycles. The number of ketones is 1. The van der Waals surface area contributed by atoms with Gasteiger partial charge in [0.2, 0.25) is 0 Å². The zero-order valence-corrected chi connectivity index (χ0v) is 17.4. The van der Waals surface area contributed by atoms with Crippen molar-refractivity contribution < 1.29 is 9.53 Å². The molecule has 2 unspecified atom stereocenters. The number of carbonyl (C=O) groups excluding carboxylic acids is 1. The summed E-state index contributed by atoms with van der Waals surface area (Å²) in [6.07, 6.45) is 3.87. The number of nitrogens with one attached hydrogen (secondary N) is 1. The molecule has 0 radical (unpaired) electrons. The van der Waals surface area contributed by atoms with Gasteiger partial charge in [-0.2, -0.15) is 0 Å². The van der Waals surface area contributed by atoms with Crippen molar-refractivity contribution in [3.05, 3.63) is 40.9 Å². The Kier molecular flexibility index (Phi) is 8.92. The summed E-state index contributed by atoms with van der Waals surface area (Å²) in [5.74, 6) is 0.00521. The van der Waals surface area contributed by atoms with E-state index in [1.54, 1.807) is 25.3 Å². The molecule has 6 nitrogen and oxygen atoms in total. The summed E-state index contributed by atoms with van der Waals surface area (Å²) in [5.41, 5.74) is 0.471. The predicted molar refractivity (Wildman–Crippen MR) is 108 cm³/mol. The van der Waals surface area contributed by atoms with Crippen LogP contribution in [0.25, 0.3) is 10.9 Å². The summed E-state index contributed by atoms with van der Waals surface area (Å²) >= 11 is 0. The van der Waals surface area contributed by atoms with Crippen molar-refractivity contribution in [2.75, 3.05) is 13.7 Å². The van der Waals surface area contributed by atoms with Gasteiger partial charge in [0.25, 0.3) is 5.56 Å². The van der Waals surface area contributed by atoms with E-state index in [0.29, 0.717) is 17.3 Å². The number of halogens is 2. The third-order valence-corrected chi connectivity index (χ3v) is 4.35. The molecule has 2 aromatic rings. The average Bonchev–Trinajstić information content (AvgIpc) is 2.58. The van der Waals surface area contributed by atoms with Crippen LogP contribution in [0.15, 0.2) is 35.4 Å². The van der Waals surface area contributed by atoms with E-state index in [4.69, 9.17) is 4.74 Å². The van der Waals surface area contributed by atoms with Gasteiger partial charge < -0.3 is 10.1 Å². The van der Waals surface area contributed by atoms with Crippen molar-refractivity contribution in [3.63, 3.8) is 0 Å². The number of hydrogen-bond donors (Lipinski definition) is 1. The topological polar surface area (TPSA) is 73.2 Å². The molecule has 0 bridgehead atoms. The van der Waals surface area contributed by atoms with Crippen molar-refractivity contribution in [2.24, 2.45) is 0 Å². The van der Waals surface area contributed by atoms with Crippen molar-refractivity contribution in [2.45, 2.75) is 38.0 Å². The number of piperidine rings is 1. The molecule has 2 atom stereocenters. The third-order valence-electron chi connectivity index (χ3n) is 4.35. The molecular weight excluding hydrogens is 454 g/mol. The second kappa shape index (κ2) is 10.2. The molecule has 0 aliphatic carbocycles. The highest BCUT2D eigenvalue weighted by atomic mass is 79.9. The van der Waals surface area contributed by atoms with Crippen LogP contribution < -0.4 is 10.9 Å². The number of methoxy groups -OCH3 is 1. The van der Waals surface area contributed by atoms with Crippen LogP contribution in [0.1, 0.15) is 19.3 Å². The fraction of sp³-hybridized carbons (Fsp3) is 0.471. The van der Waals surface area contributed by atoms with Crippen LogP contribution in [-0.4, -0.2) is 41.1 Å². The first-order valence-corrected chi connectivity index (χ1v) is 7.91. The van der Waals surface area contributed by atoms with E-state index < -0.39 is 0 Å². The largest absolute Gasteiger partial charge is 0.380 e. The number of carbonyl (C=O) groups is 1. The van der Waals surface area contributed by atoms with Gasteiger partial charge in [-0.05, 0) is 31.5 Å². The first-order chi connectivity index (χ1) is 11.2. The maximum atomic E-state index is 12.4. The number of para-hydroxylation sites is 1. The van der Waals surface area contributed by atoms with Gasteiger partial charge in [-0.1, -0.05) is 12.1 Å². The van der Waals surface area contributed by atoms with Gasteiger partial charge in [0, 0.05) is 19.6 Å². The molecule has 1 saturated heterocycles. The molecule has 8 heteroatoms. The molecule has 25 heavy (non-hydrogen) atoms. The summed E-state index contributed by atoms with van der Waals surface area (Å²) in [5, 5.41) is 3.87. The fourth-order valence-corrected chi connectivity index (χ4v) is 3.13. The van der Waals surface area contributed by atoms with E-state index in [1.807, 2.05) is 6.07 Å². The maximum Gasteiger partial charge on any atom is 0.261 e. The Morgan fingerprint density at radius 1 is 1.36 bits per heavy atom. The highest BCUT2D eigenvalue weighted by Crippen LogP contribution is 2.15. The van der Waals surface area contributed by atoms with Crippen LogP contribution in [0.4, 0.5) is 0 Å². The molecule has 3 rings (SSSR count). The third kappa shape index (κ3) is 5.20. The van der Waals surface area contributed by atoms with E-state index in [1.165, 1.54) is 10.9 Å². The van der Waals surface area contributed by atoms with Crippen LogP contribution in [0.5, 0.6) is 0 Å². The molecule has 0 amide bonds. The Bertz CT molecular complexity index is 766. The number of nitrogens with zero attached hydrogens (tertiary/aromatic N) is 2. The number of benzene rings is 1. The Balaban J connectivity index is 0.00000156. The van der Waals surface area contributed by atoms with Crippen LogP contribution in [0, 0.1) is 0 Å². The minimum absolute atomic E-state index is 0. The van der Waals surface area contributed by atoms with Crippen molar-refractivity contribution >= 4 is 50.6 Å². The summed E-state index contributed by atoms with van der Waals surface area (Å²) in [6, 6.07) is 7.18. The Hall–Kier alpha value is -1.09. The summed E-state index contributed by atoms with van der Waals surface area (Å²) in [6.45, 7) is 0.945. The van der Waals surface area contributed by atoms with Crippen LogP contribution >= 0.6 is 34.0 Å². The zero-order chi connectivity index (χ0) is 16.2. The number of Topliss-reactive ketones (excluding diaryl/α,β-unsaturated/α-hetero) is 1. The van der Waals surface area contributed by atoms with Crippen LogP contribution in [0.3, 0.4) is 0 Å². The minimum Gasteiger partial charge on any atom is -0.380 e. The lowest BCUT2D eigenvalue weighted by Crippen LogP contribution is -2.47. The number of hydrogen-bond acceptors (Lipinski definition) is 5. The highest BCUT2D eigenvalue weighted by Gasteiger charge is 2.26. The maximum absolute atomic E-state index is 12.4.